The first kappa shape index (κ1) is 27.7. The molecule has 3 heterocycles. The van der Waals surface area contributed by atoms with Crippen molar-refractivity contribution < 1.29 is 18.4 Å². The number of piperazine rings is 1. The molecule has 0 aromatic heterocycles. The van der Waals surface area contributed by atoms with Gasteiger partial charge in [0.1, 0.15) is 11.6 Å². The third kappa shape index (κ3) is 6.11. The topological polar surface area (TPSA) is 43.9 Å². The second kappa shape index (κ2) is 12.2. The number of benzene rings is 3. The molecule has 3 atom stereocenters. The van der Waals surface area contributed by atoms with Crippen molar-refractivity contribution in [3.63, 3.8) is 0 Å². The van der Waals surface area contributed by atoms with Crippen LogP contribution >= 0.6 is 0 Å². The number of nitrogens with zero attached hydrogens (tertiary/aromatic N) is 3. The molecule has 3 aliphatic heterocycles. The van der Waals surface area contributed by atoms with Crippen LogP contribution in [0.1, 0.15) is 64.3 Å². The molecular weight excluding hydrogens is 520 g/mol. The first-order valence-corrected chi connectivity index (χ1v) is 14.9. The Morgan fingerprint density at radius 1 is 0.732 bits per heavy atom. The molecule has 1 unspecified atom stereocenters. The molecule has 6 rings (SSSR count). The predicted octanol–water partition coefficient (Wildman–Crippen LogP) is 5.95. The molecule has 0 amide bonds. The molecule has 0 spiro atoms. The van der Waals surface area contributed by atoms with Crippen LogP contribution < -0.4 is 4.90 Å². The molecule has 2 saturated heterocycles. The van der Waals surface area contributed by atoms with Gasteiger partial charge in [-0.2, -0.15) is 0 Å². The Labute approximate surface area is 240 Å². The number of ketones is 2. The van der Waals surface area contributed by atoms with Gasteiger partial charge in [-0.25, -0.2) is 8.78 Å². The highest BCUT2D eigenvalue weighted by Gasteiger charge is 2.46. The number of hydrogen-bond acceptors (Lipinski definition) is 5. The summed E-state index contributed by atoms with van der Waals surface area (Å²) in [5, 5.41) is 0. The highest BCUT2D eigenvalue weighted by atomic mass is 19.1. The van der Waals surface area contributed by atoms with Crippen LogP contribution in [0, 0.1) is 11.6 Å². The Bertz CT molecular complexity index is 1380. The van der Waals surface area contributed by atoms with E-state index in [0.717, 1.165) is 58.5 Å². The molecule has 3 aliphatic rings. The fourth-order valence-corrected chi connectivity index (χ4v) is 7.05. The van der Waals surface area contributed by atoms with Gasteiger partial charge in [0, 0.05) is 80.4 Å². The summed E-state index contributed by atoms with van der Waals surface area (Å²) in [6, 6.07) is 21.3. The summed E-state index contributed by atoms with van der Waals surface area (Å²) in [5.41, 5.74) is 3.87. The van der Waals surface area contributed by atoms with Crippen LogP contribution in [0.3, 0.4) is 0 Å². The van der Waals surface area contributed by atoms with Gasteiger partial charge in [-0.1, -0.05) is 18.2 Å². The molecule has 3 aromatic rings. The van der Waals surface area contributed by atoms with Gasteiger partial charge < -0.3 is 9.80 Å². The molecular formula is C34H37F2N3O2. The Hall–Kier alpha value is -3.42. The van der Waals surface area contributed by atoms with Gasteiger partial charge in [-0.05, 0) is 86.0 Å². The molecule has 214 valence electrons. The van der Waals surface area contributed by atoms with Crippen LogP contribution in [0.25, 0.3) is 0 Å². The van der Waals surface area contributed by atoms with E-state index >= 15 is 0 Å². The molecule has 41 heavy (non-hydrogen) atoms. The number of carbonyl (C=O) groups is 2. The lowest BCUT2D eigenvalue weighted by atomic mass is 9.83. The smallest absolute Gasteiger partial charge is 0.162 e. The zero-order chi connectivity index (χ0) is 28.3. The van der Waals surface area contributed by atoms with Crippen molar-refractivity contribution in [1.29, 1.82) is 0 Å². The van der Waals surface area contributed by atoms with E-state index in [1.54, 1.807) is 24.3 Å². The zero-order valence-electron chi connectivity index (χ0n) is 23.4. The molecule has 2 fully saturated rings. The molecule has 7 heteroatoms. The van der Waals surface area contributed by atoms with Crippen molar-refractivity contribution in [2.75, 3.05) is 44.2 Å². The van der Waals surface area contributed by atoms with E-state index < -0.39 is 0 Å². The highest BCUT2D eigenvalue weighted by molar-refractivity contribution is 5.96. The van der Waals surface area contributed by atoms with Gasteiger partial charge in [0.2, 0.25) is 0 Å². The van der Waals surface area contributed by atoms with E-state index in [0.29, 0.717) is 42.0 Å². The molecule has 0 aliphatic carbocycles. The molecule has 0 bridgehead atoms. The lowest BCUT2D eigenvalue weighted by Gasteiger charge is -2.49. The Balaban J connectivity index is 1.04. The van der Waals surface area contributed by atoms with Crippen LogP contribution in [0.4, 0.5) is 14.5 Å². The van der Waals surface area contributed by atoms with Gasteiger partial charge in [-0.15, -0.1) is 0 Å². The maximum atomic E-state index is 13.3. The van der Waals surface area contributed by atoms with Crippen molar-refractivity contribution in [3.05, 3.63) is 101 Å². The minimum atomic E-state index is -0.324. The standard InChI is InChI=1S/C34H37F2N3O2/c35-26-13-9-24(10-14-26)33(40)7-3-17-37-19-20-38-23-32-30(21-28(38)22-37)29-5-1-2-6-31(29)39(32)18-4-8-34(41)25-11-15-27(36)16-12-25/h1-2,5-6,9-16,28,30,32H,3-4,7-8,17-23H2/t28?,30-,32-/m0/s1. The first-order chi connectivity index (χ1) is 20.0. The number of halogens is 2. The average Bonchev–Trinajstić information content (AvgIpc) is 3.29. The lowest BCUT2D eigenvalue weighted by molar-refractivity contribution is 0.0350. The number of anilines is 1. The predicted molar refractivity (Wildman–Crippen MR) is 157 cm³/mol. The SMILES string of the molecule is O=C(CCCN1CCN2C[C@H]3[C@@H](CC2C1)c1ccccc1N3CCCC(=O)c1ccc(F)cc1)c1ccc(F)cc1. The molecule has 0 saturated carbocycles. The summed E-state index contributed by atoms with van der Waals surface area (Å²) in [5.74, 6) is -0.0339. The zero-order valence-corrected chi connectivity index (χ0v) is 23.4. The fourth-order valence-electron chi connectivity index (χ4n) is 7.05. The van der Waals surface area contributed by atoms with Crippen LogP contribution in [0.15, 0.2) is 72.8 Å². The van der Waals surface area contributed by atoms with Gasteiger partial charge in [-0.3, -0.25) is 14.5 Å². The summed E-state index contributed by atoms with van der Waals surface area (Å²) >= 11 is 0. The Morgan fingerprint density at radius 2 is 1.34 bits per heavy atom. The van der Waals surface area contributed by atoms with Crippen LogP contribution in [0.2, 0.25) is 0 Å². The lowest BCUT2D eigenvalue weighted by Crippen LogP contribution is -2.60. The van der Waals surface area contributed by atoms with Crippen molar-refractivity contribution in [2.45, 2.75) is 50.1 Å². The Morgan fingerprint density at radius 3 is 2.00 bits per heavy atom. The van der Waals surface area contributed by atoms with Gasteiger partial charge in [0.05, 0.1) is 0 Å². The van der Waals surface area contributed by atoms with E-state index in [1.807, 2.05) is 0 Å². The van der Waals surface area contributed by atoms with Gasteiger partial charge >= 0.3 is 0 Å². The van der Waals surface area contributed by atoms with Crippen molar-refractivity contribution >= 4 is 17.3 Å². The number of fused-ring (bicyclic) bond motifs is 4. The number of carbonyl (C=O) groups excluding carboxylic acids is 2. The second-order valence-electron chi connectivity index (χ2n) is 11.7. The number of rotatable bonds is 10. The van der Waals surface area contributed by atoms with Crippen molar-refractivity contribution in [1.82, 2.24) is 9.80 Å². The maximum Gasteiger partial charge on any atom is 0.162 e. The summed E-state index contributed by atoms with van der Waals surface area (Å²) in [6.45, 7) is 5.79. The van der Waals surface area contributed by atoms with E-state index in [4.69, 9.17) is 0 Å². The van der Waals surface area contributed by atoms with E-state index in [9.17, 15) is 18.4 Å². The average molecular weight is 558 g/mol. The quantitative estimate of drug-likeness (QED) is 0.288. The molecule has 5 nitrogen and oxygen atoms in total. The van der Waals surface area contributed by atoms with E-state index in [-0.39, 0.29) is 23.2 Å². The molecule has 0 N–H and O–H groups in total. The minimum absolute atomic E-state index is 0.0632. The normalized spacial score (nSPS) is 22.2. The van der Waals surface area contributed by atoms with E-state index in [2.05, 4.69) is 39.0 Å². The van der Waals surface area contributed by atoms with Crippen LogP contribution in [0.5, 0.6) is 0 Å². The van der Waals surface area contributed by atoms with Crippen LogP contribution in [-0.2, 0) is 0 Å². The Kier molecular flexibility index (Phi) is 8.26. The van der Waals surface area contributed by atoms with Gasteiger partial charge in [0.25, 0.3) is 0 Å². The third-order valence-electron chi connectivity index (χ3n) is 9.16. The number of piperidine rings is 1. The monoisotopic (exact) mass is 557 g/mol. The molecule has 3 aromatic carbocycles. The second-order valence-corrected chi connectivity index (χ2v) is 11.7. The van der Waals surface area contributed by atoms with Crippen molar-refractivity contribution in [2.24, 2.45) is 0 Å². The fraction of sp³-hybridized carbons (Fsp3) is 0.412. The summed E-state index contributed by atoms with van der Waals surface area (Å²) in [6.07, 6.45) is 3.61. The van der Waals surface area contributed by atoms with E-state index in [1.165, 1.54) is 35.5 Å². The number of para-hydroxylation sites is 1. The van der Waals surface area contributed by atoms with Crippen LogP contribution in [-0.4, -0.2) is 72.7 Å². The minimum Gasteiger partial charge on any atom is -0.366 e. The summed E-state index contributed by atoms with van der Waals surface area (Å²) in [4.78, 5) is 32.9. The first-order valence-electron chi connectivity index (χ1n) is 14.9. The highest BCUT2D eigenvalue weighted by Crippen LogP contribution is 2.47. The summed E-state index contributed by atoms with van der Waals surface area (Å²) in [7, 11) is 0. The number of hydrogen-bond donors (Lipinski definition) is 0. The van der Waals surface area contributed by atoms with Gasteiger partial charge in [0.15, 0.2) is 11.6 Å². The third-order valence-corrected chi connectivity index (χ3v) is 9.16. The molecule has 0 radical (unpaired) electrons. The number of Topliss-reactive ketones (excluding diaryl/α,β-unsaturated/α-hetero) is 2. The largest absolute Gasteiger partial charge is 0.366 e. The van der Waals surface area contributed by atoms with Crippen molar-refractivity contribution in [3.8, 4) is 0 Å². The summed E-state index contributed by atoms with van der Waals surface area (Å²) < 4.78 is 26.4. The maximum absolute atomic E-state index is 13.3.